The third kappa shape index (κ3) is 6.70. The van der Waals surface area contributed by atoms with Crippen molar-refractivity contribution >= 4 is 23.2 Å². The fourth-order valence-corrected chi connectivity index (χ4v) is 4.31. The number of aryl methyl sites for hydroxylation is 1. The molecule has 0 saturated heterocycles. The van der Waals surface area contributed by atoms with Crippen LogP contribution in [0.4, 0.5) is 0 Å². The molecule has 0 N–H and O–H groups in total. The maximum Gasteiger partial charge on any atom is 0.242 e. The molecule has 1 fully saturated rings. The molecule has 2 amide bonds. The molecule has 29 heavy (non-hydrogen) atoms. The van der Waals surface area contributed by atoms with Gasteiger partial charge in [0.25, 0.3) is 0 Å². The van der Waals surface area contributed by atoms with Gasteiger partial charge in [0, 0.05) is 28.8 Å². The molecule has 0 aliphatic heterocycles. The lowest BCUT2D eigenvalue weighted by molar-refractivity contribution is -0.142. The number of carbonyl (C=O) groups is 2. The van der Waals surface area contributed by atoms with Crippen molar-refractivity contribution in [1.82, 2.24) is 9.80 Å². The first-order valence-electron chi connectivity index (χ1n) is 10.4. The van der Waals surface area contributed by atoms with Crippen molar-refractivity contribution in [3.8, 4) is 0 Å². The molecule has 0 spiro atoms. The highest BCUT2D eigenvalue weighted by Gasteiger charge is 2.36. The second kappa shape index (κ2) is 9.12. The van der Waals surface area contributed by atoms with E-state index in [9.17, 15) is 9.59 Å². The first-order valence-corrected chi connectivity index (χ1v) is 11.2. The first kappa shape index (κ1) is 21.6. The second-order valence-corrected chi connectivity index (χ2v) is 10.6. The molecule has 0 unspecified atom stereocenters. The van der Waals surface area contributed by atoms with E-state index >= 15 is 0 Å². The van der Waals surface area contributed by atoms with Gasteiger partial charge in [-0.05, 0) is 42.9 Å². The molecule has 1 aromatic heterocycles. The molecule has 1 heterocycles. The van der Waals surface area contributed by atoms with Crippen molar-refractivity contribution in [2.75, 3.05) is 6.54 Å². The molecule has 1 aliphatic rings. The number of benzene rings is 1. The third-order valence-electron chi connectivity index (χ3n) is 5.01. The molecule has 1 aliphatic carbocycles. The van der Waals surface area contributed by atoms with Crippen LogP contribution >= 0.6 is 11.3 Å². The Balaban J connectivity index is 1.74. The van der Waals surface area contributed by atoms with Crippen LogP contribution in [0.15, 0.2) is 42.5 Å². The normalized spacial score (nSPS) is 13.9. The maximum absolute atomic E-state index is 13.3. The monoisotopic (exact) mass is 412 g/mol. The van der Waals surface area contributed by atoms with Crippen molar-refractivity contribution in [1.29, 1.82) is 0 Å². The van der Waals surface area contributed by atoms with Gasteiger partial charge in [-0.3, -0.25) is 9.59 Å². The number of thiophene rings is 1. The van der Waals surface area contributed by atoms with E-state index in [1.54, 1.807) is 11.3 Å². The number of rotatable bonds is 8. The zero-order chi connectivity index (χ0) is 21.0. The van der Waals surface area contributed by atoms with Crippen molar-refractivity contribution in [3.05, 3.63) is 57.8 Å². The van der Waals surface area contributed by atoms with Crippen LogP contribution in [0.25, 0.3) is 0 Å². The second-order valence-electron chi connectivity index (χ2n) is 9.24. The Hall–Kier alpha value is -2.14. The summed E-state index contributed by atoms with van der Waals surface area (Å²) in [6.45, 7) is 9.60. The predicted molar refractivity (Wildman–Crippen MR) is 119 cm³/mol. The van der Waals surface area contributed by atoms with Gasteiger partial charge in [-0.1, -0.05) is 51.1 Å². The molecule has 1 saturated carbocycles. The van der Waals surface area contributed by atoms with Crippen LogP contribution in [0.5, 0.6) is 0 Å². The zero-order valence-corrected chi connectivity index (χ0v) is 18.8. The number of hydrogen-bond donors (Lipinski definition) is 0. The van der Waals surface area contributed by atoms with E-state index in [1.165, 1.54) is 9.75 Å². The standard InChI is InChI=1S/C24H32N2O2S/c1-18-10-13-21(29-18)16-25(15-19-8-6-5-7-9-19)23(28)17-26(20-11-12-20)22(27)14-24(2,3)4/h5-10,13,20H,11-12,14-17H2,1-4H3. The fourth-order valence-electron chi connectivity index (χ4n) is 3.40. The summed E-state index contributed by atoms with van der Waals surface area (Å²) in [5, 5.41) is 0. The Labute approximate surface area is 178 Å². The molecule has 4 nitrogen and oxygen atoms in total. The largest absolute Gasteiger partial charge is 0.332 e. The van der Waals surface area contributed by atoms with E-state index in [0.29, 0.717) is 19.5 Å². The van der Waals surface area contributed by atoms with Gasteiger partial charge in [0.1, 0.15) is 6.54 Å². The summed E-state index contributed by atoms with van der Waals surface area (Å²) in [4.78, 5) is 32.3. The van der Waals surface area contributed by atoms with Crippen LogP contribution in [0, 0.1) is 12.3 Å². The molecule has 1 aromatic carbocycles. The summed E-state index contributed by atoms with van der Waals surface area (Å²) in [7, 11) is 0. The van der Waals surface area contributed by atoms with E-state index in [2.05, 4.69) is 39.8 Å². The lowest BCUT2D eigenvalue weighted by Gasteiger charge is -2.29. The minimum atomic E-state index is -0.0779. The molecule has 2 aromatic rings. The molecule has 5 heteroatoms. The van der Waals surface area contributed by atoms with E-state index < -0.39 is 0 Å². The van der Waals surface area contributed by atoms with Crippen LogP contribution in [0.2, 0.25) is 0 Å². The van der Waals surface area contributed by atoms with Crippen LogP contribution in [-0.4, -0.2) is 34.2 Å². The molecule has 3 rings (SSSR count). The number of carbonyl (C=O) groups excluding carboxylic acids is 2. The quantitative estimate of drug-likeness (QED) is 0.611. The third-order valence-corrected chi connectivity index (χ3v) is 5.99. The highest BCUT2D eigenvalue weighted by molar-refractivity contribution is 7.11. The van der Waals surface area contributed by atoms with E-state index in [4.69, 9.17) is 0 Å². The van der Waals surface area contributed by atoms with Gasteiger partial charge in [0.05, 0.1) is 6.54 Å². The highest BCUT2D eigenvalue weighted by atomic mass is 32.1. The molecule has 0 radical (unpaired) electrons. The average Bonchev–Trinajstić information content (AvgIpc) is 3.40. The van der Waals surface area contributed by atoms with Crippen LogP contribution in [0.3, 0.4) is 0 Å². The summed E-state index contributed by atoms with van der Waals surface area (Å²) < 4.78 is 0. The summed E-state index contributed by atoms with van der Waals surface area (Å²) in [5.41, 5.74) is 1.03. The van der Waals surface area contributed by atoms with E-state index in [1.807, 2.05) is 40.1 Å². The lowest BCUT2D eigenvalue weighted by atomic mass is 9.91. The van der Waals surface area contributed by atoms with Crippen molar-refractivity contribution in [3.63, 3.8) is 0 Å². The number of hydrogen-bond acceptors (Lipinski definition) is 3. The summed E-state index contributed by atoms with van der Waals surface area (Å²) in [6.07, 6.45) is 2.48. The molecule has 156 valence electrons. The number of amides is 2. The van der Waals surface area contributed by atoms with E-state index in [0.717, 1.165) is 18.4 Å². The molecular formula is C24H32N2O2S. The average molecular weight is 413 g/mol. The smallest absolute Gasteiger partial charge is 0.242 e. The topological polar surface area (TPSA) is 40.6 Å². The Kier molecular flexibility index (Phi) is 6.78. The SMILES string of the molecule is Cc1ccc(CN(Cc2ccccc2)C(=O)CN(C(=O)CC(C)(C)C)C2CC2)s1. The van der Waals surface area contributed by atoms with Gasteiger partial charge in [0.15, 0.2) is 0 Å². The van der Waals surface area contributed by atoms with Crippen molar-refractivity contribution in [2.45, 2.75) is 66.1 Å². The fraction of sp³-hybridized carbons (Fsp3) is 0.500. The van der Waals surface area contributed by atoms with Gasteiger partial charge in [-0.2, -0.15) is 0 Å². The van der Waals surface area contributed by atoms with E-state index in [-0.39, 0.29) is 29.8 Å². The zero-order valence-electron chi connectivity index (χ0n) is 18.0. The minimum Gasteiger partial charge on any atom is -0.332 e. The molecular weight excluding hydrogens is 380 g/mol. The van der Waals surface area contributed by atoms with Gasteiger partial charge < -0.3 is 9.80 Å². The summed E-state index contributed by atoms with van der Waals surface area (Å²) in [5.74, 6) is 0.119. The minimum absolute atomic E-state index is 0.0223. The van der Waals surface area contributed by atoms with Crippen LogP contribution in [0.1, 0.15) is 55.4 Å². The van der Waals surface area contributed by atoms with Gasteiger partial charge in [-0.25, -0.2) is 0 Å². The number of nitrogens with zero attached hydrogens (tertiary/aromatic N) is 2. The molecule has 0 bridgehead atoms. The first-order chi connectivity index (χ1) is 13.7. The van der Waals surface area contributed by atoms with Crippen molar-refractivity contribution in [2.24, 2.45) is 5.41 Å². The van der Waals surface area contributed by atoms with Crippen molar-refractivity contribution < 1.29 is 9.59 Å². The van der Waals surface area contributed by atoms with Gasteiger partial charge in [0.2, 0.25) is 11.8 Å². The maximum atomic E-state index is 13.3. The summed E-state index contributed by atoms with van der Waals surface area (Å²) >= 11 is 1.72. The Morgan fingerprint density at radius 2 is 1.69 bits per heavy atom. The van der Waals surface area contributed by atoms with Crippen LogP contribution < -0.4 is 0 Å². The lowest BCUT2D eigenvalue weighted by Crippen LogP contribution is -2.44. The van der Waals surface area contributed by atoms with Gasteiger partial charge >= 0.3 is 0 Å². The Bertz CT molecular complexity index is 834. The highest BCUT2D eigenvalue weighted by Crippen LogP contribution is 2.30. The summed E-state index contributed by atoms with van der Waals surface area (Å²) in [6, 6.07) is 14.5. The van der Waals surface area contributed by atoms with Crippen LogP contribution in [-0.2, 0) is 22.7 Å². The van der Waals surface area contributed by atoms with Gasteiger partial charge in [-0.15, -0.1) is 11.3 Å². The Morgan fingerprint density at radius 1 is 1.00 bits per heavy atom. The Morgan fingerprint density at radius 3 is 2.24 bits per heavy atom. The molecule has 0 atom stereocenters. The predicted octanol–water partition coefficient (Wildman–Crippen LogP) is 5.01.